The van der Waals surface area contributed by atoms with Gasteiger partial charge in [-0.15, -0.1) is 0 Å². The van der Waals surface area contributed by atoms with Crippen LogP contribution in [0.15, 0.2) is 24.5 Å². The van der Waals surface area contributed by atoms with Crippen molar-refractivity contribution in [3.63, 3.8) is 0 Å². The van der Waals surface area contributed by atoms with Crippen LogP contribution in [0.5, 0.6) is 0 Å². The van der Waals surface area contributed by atoms with E-state index in [0.717, 1.165) is 35.5 Å². The number of alkyl halides is 3. The van der Waals surface area contributed by atoms with E-state index in [1.54, 1.807) is 0 Å². The lowest BCUT2D eigenvalue weighted by molar-refractivity contribution is -0.137. The number of nitrogens with zero attached hydrogens (tertiary/aromatic N) is 2. The zero-order valence-corrected chi connectivity index (χ0v) is 18.8. The quantitative estimate of drug-likeness (QED) is 0.645. The minimum Gasteiger partial charge on any atom is -0.242 e. The second-order valence-electron chi connectivity index (χ2n) is 8.86. The van der Waals surface area contributed by atoms with Gasteiger partial charge in [0.25, 0.3) is 0 Å². The summed E-state index contributed by atoms with van der Waals surface area (Å²) in [6.07, 6.45) is -1.79. The first-order valence-corrected chi connectivity index (χ1v) is 10.8. The Morgan fingerprint density at radius 1 is 1.14 bits per heavy atom. The van der Waals surface area contributed by atoms with E-state index in [-0.39, 0.29) is 6.04 Å². The lowest BCUT2D eigenvalue weighted by Crippen LogP contribution is -2.36. The van der Waals surface area contributed by atoms with Crippen LogP contribution in [0.3, 0.4) is 0 Å². The molecule has 2 atom stereocenters. The summed E-state index contributed by atoms with van der Waals surface area (Å²) in [6.45, 7) is 13.7. The van der Waals surface area contributed by atoms with E-state index >= 15 is 0 Å². The maximum Gasteiger partial charge on any atom is 0.419 e. The molecule has 1 heterocycles. The zero-order chi connectivity index (χ0) is 22.1. The summed E-state index contributed by atoms with van der Waals surface area (Å²) >= 11 is 0. The van der Waals surface area contributed by atoms with Crippen molar-refractivity contribution in [3.05, 3.63) is 46.8 Å². The van der Waals surface area contributed by atoms with E-state index in [1.165, 1.54) is 4.68 Å². The molecule has 0 saturated heterocycles. The minimum atomic E-state index is -4.43. The van der Waals surface area contributed by atoms with Gasteiger partial charge in [-0.2, -0.15) is 18.3 Å². The van der Waals surface area contributed by atoms with Crippen molar-refractivity contribution < 1.29 is 17.4 Å². The summed E-state index contributed by atoms with van der Waals surface area (Å²) in [4.78, 5) is 0. The first kappa shape index (κ1) is 23.6. The molecule has 1 aromatic heterocycles. The lowest BCUT2D eigenvalue weighted by Gasteiger charge is -2.27. The van der Waals surface area contributed by atoms with Crippen molar-refractivity contribution in [1.29, 1.82) is 0 Å². The van der Waals surface area contributed by atoms with Gasteiger partial charge in [-0.3, -0.25) is 0 Å². The normalized spacial score (nSPS) is 15.0. The fourth-order valence-electron chi connectivity index (χ4n) is 3.17. The lowest BCUT2D eigenvalue weighted by atomic mass is 9.94. The number of aryl methyl sites for hydroxylation is 2. The van der Waals surface area contributed by atoms with Crippen LogP contribution in [0, 0.1) is 19.8 Å². The average Bonchev–Trinajstić information content (AvgIpc) is 3.01. The van der Waals surface area contributed by atoms with Gasteiger partial charge >= 0.3 is 6.18 Å². The molecule has 2 aromatic rings. The molecule has 0 spiro atoms. The molecular formula is C21H30F3N3OS. The van der Waals surface area contributed by atoms with Gasteiger partial charge in [0.2, 0.25) is 0 Å². The molecule has 0 fully saturated rings. The van der Waals surface area contributed by atoms with Crippen LogP contribution in [0.4, 0.5) is 13.2 Å². The van der Waals surface area contributed by atoms with Crippen LogP contribution in [0.25, 0.3) is 5.69 Å². The Bertz CT molecular complexity index is 859. The molecule has 1 N–H and O–H groups in total. The molecule has 0 amide bonds. The number of hydrogen-bond acceptors (Lipinski definition) is 2. The summed E-state index contributed by atoms with van der Waals surface area (Å²) in [6, 6.07) is 3.76. The molecule has 4 nitrogen and oxygen atoms in total. The maximum atomic E-state index is 12.9. The predicted octanol–water partition coefficient (Wildman–Crippen LogP) is 5.65. The van der Waals surface area contributed by atoms with E-state index in [1.807, 2.05) is 46.8 Å². The van der Waals surface area contributed by atoms with Gasteiger partial charge in [0.15, 0.2) is 0 Å². The molecule has 0 saturated carbocycles. The fourth-order valence-corrected chi connectivity index (χ4v) is 4.02. The molecule has 0 aliphatic heterocycles. The molecule has 0 aliphatic carbocycles. The largest absolute Gasteiger partial charge is 0.419 e. The maximum absolute atomic E-state index is 12.9. The van der Waals surface area contributed by atoms with Crippen molar-refractivity contribution in [3.8, 4) is 5.69 Å². The van der Waals surface area contributed by atoms with Gasteiger partial charge in [0, 0.05) is 12.2 Å². The molecule has 162 valence electrons. The van der Waals surface area contributed by atoms with Gasteiger partial charge in [-0.1, -0.05) is 26.0 Å². The third kappa shape index (κ3) is 5.92. The Balaban J connectivity index is 2.43. The third-order valence-corrected chi connectivity index (χ3v) is 6.18. The molecule has 8 heteroatoms. The Kier molecular flexibility index (Phi) is 7.00. The average molecular weight is 430 g/mol. The zero-order valence-electron chi connectivity index (χ0n) is 18.0. The smallest absolute Gasteiger partial charge is 0.242 e. The molecule has 29 heavy (non-hydrogen) atoms. The van der Waals surface area contributed by atoms with Crippen molar-refractivity contribution in [2.24, 2.45) is 5.92 Å². The van der Waals surface area contributed by atoms with Crippen molar-refractivity contribution in [2.45, 2.75) is 71.9 Å². The Morgan fingerprint density at radius 3 is 2.10 bits per heavy atom. The number of halogens is 3. The summed E-state index contributed by atoms with van der Waals surface area (Å²) in [7, 11) is -1.24. The summed E-state index contributed by atoms with van der Waals surface area (Å²) in [5, 5.41) is 3.91. The van der Waals surface area contributed by atoms with Gasteiger partial charge in [-0.05, 0) is 63.6 Å². The molecular weight excluding hydrogens is 399 g/mol. The number of benzene rings is 1. The van der Waals surface area contributed by atoms with E-state index in [9.17, 15) is 17.4 Å². The summed E-state index contributed by atoms with van der Waals surface area (Å²) in [5.41, 5.74) is 2.45. The number of rotatable bonds is 6. The van der Waals surface area contributed by atoms with E-state index in [0.29, 0.717) is 11.6 Å². The van der Waals surface area contributed by atoms with Crippen LogP contribution in [-0.2, 0) is 17.2 Å². The molecule has 0 bridgehead atoms. The van der Waals surface area contributed by atoms with Gasteiger partial charge in [0.1, 0.15) is 0 Å². The van der Waals surface area contributed by atoms with E-state index in [2.05, 4.69) is 23.7 Å². The topological polar surface area (TPSA) is 46.9 Å². The summed E-state index contributed by atoms with van der Waals surface area (Å²) in [5.74, 6) is 0.380. The number of aromatic nitrogens is 2. The minimum absolute atomic E-state index is 0.120. The Labute approximate surface area is 173 Å². The molecule has 0 unspecified atom stereocenters. The SMILES string of the molecule is Cc1cc([C@H](CC(C)C)N[S@](=O)C(C)(C)C)cc(C)c1-n1cc(C(F)(F)F)cn1. The van der Waals surface area contributed by atoms with Gasteiger partial charge < -0.3 is 0 Å². The van der Waals surface area contributed by atoms with Crippen molar-refractivity contribution in [2.75, 3.05) is 0 Å². The molecule has 0 aliphatic rings. The third-order valence-electron chi connectivity index (χ3n) is 4.57. The van der Waals surface area contributed by atoms with E-state index < -0.39 is 27.5 Å². The van der Waals surface area contributed by atoms with Crippen LogP contribution in [-0.4, -0.2) is 18.7 Å². The van der Waals surface area contributed by atoms with Crippen LogP contribution in [0.1, 0.15) is 69.3 Å². The van der Waals surface area contributed by atoms with Crippen LogP contribution < -0.4 is 4.72 Å². The molecule has 2 rings (SSSR count). The highest BCUT2D eigenvalue weighted by molar-refractivity contribution is 7.84. The highest BCUT2D eigenvalue weighted by Gasteiger charge is 2.32. The van der Waals surface area contributed by atoms with Gasteiger partial charge in [0.05, 0.1) is 33.2 Å². The summed E-state index contributed by atoms with van der Waals surface area (Å²) < 4.78 is 55.6. The van der Waals surface area contributed by atoms with Gasteiger partial charge in [-0.25, -0.2) is 13.6 Å². The van der Waals surface area contributed by atoms with Crippen molar-refractivity contribution in [1.82, 2.24) is 14.5 Å². The molecule has 0 radical (unpaired) electrons. The highest BCUT2D eigenvalue weighted by Crippen LogP contribution is 2.32. The van der Waals surface area contributed by atoms with E-state index in [4.69, 9.17) is 0 Å². The van der Waals surface area contributed by atoms with Crippen LogP contribution >= 0.6 is 0 Å². The first-order chi connectivity index (χ1) is 13.2. The standard InChI is InChI=1S/C21H30F3N3OS/c1-13(2)8-18(26-29(28)20(5,6)7)16-9-14(3)19(15(4)10-16)27-12-17(11-25-27)21(22,23)24/h9-13,18,26H,8H2,1-7H3/t18-,29+/m0/s1. The monoisotopic (exact) mass is 429 g/mol. The number of hydrogen-bond donors (Lipinski definition) is 1. The Hall–Kier alpha value is -1.67. The molecule has 1 aromatic carbocycles. The highest BCUT2D eigenvalue weighted by atomic mass is 32.2. The second kappa shape index (κ2) is 8.60. The fraction of sp³-hybridized carbons (Fsp3) is 0.571. The first-order valence-electron chi connectivity index (χ1n) is 9.61. The number of nitrogens with one attached hydrogen (secondary N) is 1. The predicted molar refractivity (Wildman–Crippen MR) is 111 cm³/mol. The van der Waals surface area contributed by atoms with Crippen molar-refractivity contribution >= 4 is 11.0 Å². The second-order valence-corrected chi connectivity index (χ2v) is 10.9. The Morgan fingerprint density at radius 2 is 1.69 bits per heavy atom. The van der Waals surface area contributed by atoms with Crippen LogP contribution in [0.2, 0.25) is 0 Å².